The minimum absolute atomic E-state index is 0.0707. The molecule has 0 aliphatic rings. The molecule has 3 N–H and O–H groups in total. The minimum atomic E-state index is -0.672. The fourth-order valence-corrected chi connectivity index (χ4v) is 0.807. The average Bonchev–Trinajstić information content (AvgIpc) is 2.36. The van der Waals surface area contributed by atoms with Crippen LogP contribution >= 0.6 is 0 Å². The maximum Gasteiger partial charge on any atom is 0.0651 e. The number of aliphatic hydroxyl groups excluding tert-OH is 1. The lowest BCUT2D eigenvalue weighted by atomic mass is 9.98. The van der Waals surface area contributed by atoms with Crippen LogP contribution in [0.2, 0.25) is 0 Å². The van der Waals surface area contributed by atoms with Gasteiger partial charge in [-0.25, -0.2) is 0 Å². The van der Waals surface area contributed by atoms with Crippen molar-refractivity contribution < 1.29 is 5.11 Å². The molecule has 0 spiro atoms. The van der Waals surface area contributed by atoms with Crippen LogP contribution in [0, 0.1) is 0 Å². The minimum Gasteiger partial charge on any atom is -0.394 e. The van der Waals surface area contributed by atoms with Crippen molar-refractivity contribution in [3.63, 3.8) is 0 Å². The zero-order chi connectivity index (χ0) is 8.48. The molecule has 62 valence electrons. The lowest BCUT2D eigenvalue weighted by molar-refractivity contribution is 0.210. The number of hydrogen-bond acceptors (Lipinski definition) is 3. The molecule has 0 aliphatic heterocycles. The number of aromatic nitrogens is 2. The second-order valence-electron chi connectivity index (χ2n) is 2.98. The van der Waals surface area contributed by atoms with Crippen LogP contribution in [0.5, 0.6) is 0 Å². The molecule has 0 saturated heterocycles. The number of aliphatic hydroxyl groups is 1. The number of rotatable bonds is 2. The molecule has 11 heavy (non-hydrogen) atoms. The molecule has 0 bridgehead atoms. The first-order valence-electron chi connectivity index (χ1n) is 3.45. The van der Waals surface area contributed by atoms with Crippen molar-refractivity contribution in [2.24, 2.45) is 12.8 Å². The first-order chi connectivity index (χ1) is 5.06. The van der Waals surface area contributed by atoms with Gasteiger partial charge in [-0.05, 0) is 6.92 Å². The van der Waals surface area contributed by atoms with E-state index in [0.29, 0.717) is 0 Å². The second kappa shape index (κ2) is 2.64. The van der Waals surface area contributed by atoms with E-state index in [2.05, 4.69) is 5.10 Å². The van der Waals surface area contributed by atoms with Crippen LogP contribution in [0.15, 0.2) is 12.4 Å². The summed E-state index contributed by atoms with van der Waals surface area (Å²) in [5, 5.41) is 12.9. The van der Waals surface area contributed by atoms with Gasteiger partial charge in [-0.2, -0.15) is 5.10 Å². The highest BCUT2D eigenvalue weighted by atomic mass is 16.3. The zero-order valence-corrected chi connectivity index (χ0v) is 6.78. The van der Waals surface area contributed by atoms with Gasteiger partial charge in [0.05, 0.1) is 18.3 Å². The Hall–Kier alpha value is -0.870. The van der Waals surface area contributed by atoms with Crippen molar-refractivity contribution in [1.82, 2.24) is 9.78 Å². The molecule has 0 fully saturated rings. The summed E-state index contributed by atoms with van der Waals surface area (Å²) in [5.74, 6) is 0. The van der Waals surface area contributed by atoms with E-state index in [1.165, 1.54) is 0 Å². The summed E-state index contributed by atoms with van der Waals surface area (Å²) in [6.45, 7) is 1.70. The van der Waals surface area contributed by atoms with E-state index in [1.807, 2.05) is 7.05 Å². The van der Waals surface area contributed by atoms with Crippen LogP contribution in [0.4, 0.5) is 0 Å². The summed E-state index contributed by atoms with van der Waals surface area (Å²) >= 11 is 0. The van der Waals surface area contributed by atoms with E-state index < -0.39 is 5.54 Å². The van der Waals surface area contributed by atoms with Gasteiger partial charge in [0.2, 0.25) is 0 Å². The molecule has 1 rings (SSSR count). The monoisotopic (exact) mass is 155 g/mol. The Morgan fingerprint density at radius 3 is 2.82 bits per heavy atom. The van der Waals surface area contributed by atoms with Gasteiger partial charge in [0.1, 0.15) is 0 Å². The number of aryl methyl sites for hydroxylation is 1. The molecule has 4 nitrogen and oxygen atoms in total. The topological polar surface area (TPSA) is 64.1 Å². The molecular formula is C7H13N3O. The lowest BCUT2D eigenvalue weighted by Gasteiger charge is -2.19. The van der Waals surface area contributed by atoms with Crippen molar-refractivity contribution in [1.29, 1.82) is 0 Å². The fraction of sp³-hybridized carbons (Fsp3) is 0.571. The SMILES string of the molecule is Cn1cc(C(C)(N)CO)cn1. The van der Waals surface area contributed by atoms with Crippen molar-refractivity contribution >= 4 is 0 Å². The van der Waals surface area contributed by atoms with Crippen LogP contribution in [-0.2, 0) is 12.6 Å². The Morgan fingerprint density at radius 2 is 2.45 bits per heavy atom. The molecular weight excluding hydrogens is 142 g/mol. The normalized spacial score (nSPS) is 16.4. The highest BCUT2D eigenvalue weighted by Crippen LogP contribution is 2.14. The van der Waals surface area contributed by atoms with Gasteiger partial charge in [0, 0.05) is 18.8 Å². The number of nitrogens with zero attached hydrogens (tertiary/aromatic N) is 2. The number of nitrogens with two attached hydrogens (primary N) is 1. The predicted molar refractivity (Wildman–Crippen MR) is 41.8 cm³/mol. The molecule has 0 aromatic carbocycles. The highest BCUT2D eigenvalue weighted by molar-refractivity contribution is 5.15. The van der Waals surface area contributed by atoms with Crippen LogP contribution < -0.4 is 5.73 Å². The molecule has 0 radical (unpaired) electrons. The maximum absolute atomic E-state index is 8.89. The smallest absolute Gasteiger partial charge is 0.0651 e. The van der Waals surface area contributed by atoms with Gasteiger partial charge in [-0.15, -0.1) is 0 Å². The third kappa shape index (κ3) is 1.58. The van der Waals surface area contributed by atoms with Gasteiger partial charge >= 0.3 is 0 Å². The van der Waals surface area contributed by atoms with Crippen LogP contribution in [-0.4, -0.2) is 21.5 Å². The second-order valence-corrected chi connectivity index (χ2v) is 2.98. The highest BCUT2D eigenvalue weighted by Gasteiger charge is 2.20. The third-order valence-electron chi connectivity index (χ3n) is 1.69. The van der Waals surface area contributed by atoms with Crippen molar-refractivity contribution in [3.8, 4) is 0 Å². The van der Waals surface area contributed by atoms with Gasteiger partial charge in [0.15, 0.2) is 0 Å². The molecule has 1 unspecified atom stereocenters. The molecule has 0 aliphatic carbocycles. The lowest BCUT2D eigenvalue weighted by Crippen LogP contribution is -2.36. The summed E-state index contributed by atoms with van der Waals surface area (Å²) in [7, 11) is 1.82. The number of hydrogen-bond donors (Lipinski definition) is 2. The van der Waals surface area contributed by atoms with E-state index in [0.717, 1.165) is 5.56 Å². The average molecular weight is 155 g/mol. The molecule has 0 saturated carbocycles. The standard InChI is InChI=1S/C7H13N3O/c1-7(8,5-11)6-3-9-10(2)4-6/h3-4,11H,5,8H2,1-2H3. The van der Waals surface area contributed by atoms with Crippen LogP contribution in [0.3, 0.4) is 0 Å². The van der Waals surface area contributed by atoms with Crippen molar-refractivity contribution in [2.75, 3.05) is 6.61 Å². The van der Waals surface area contributed by atoms with E-state index in [9.17, 15) is 0 Å². The Bertz CT molecular complexity index is 242. The zero-order valence-electron chi connectivity index (χ0n) is 6.78. The van der Waals surface area contributed by atoms with Crippen molar-refractivity contribution in [3.05, 3.63) is 18.0 Å². The van der Waals surface area contributed by atoms with Crippen molar-refractivity contribution in [2.45, 2.75) is 12.5 Å². The summed E-state index contributed by atoms with van der Waals surface area (Å²) < 4.78 is 1.66. The molecule has 0 amide bonds. The fourth-order valence-electron chi connectivity index (χ4n) is 0.807. The Kier molecular flexibility index (Phi) is 1.97. The molecule has 1 aromatic rings. The van der Waals surface area contributed by atoms with E-state index in [4.69, 9.17) is 10.8 Å². The third-order valence-corrected chi connectivity index (χ3v) is 1.69. The van der Waals surface area contributed by atoms with E-state index >= 15 is 0 Å². The maximum atomic E-state index is 8.89. The summed E-state index contributed by atoms with van der Waals surface area (Å²) in [6, 6.07) is 0. The molecule has 1 aromatic heterocycles. The van der Waals surface area contributed by atoms with Gasteiger partial charge in [-0.1, -0.05) is 0 Å². The first kappa shape index (κ1) is 8.23. The van der Waals surface area contributed by atoms with E-state index in [1.54, 1.807) is 24.0 Å². The Balaban J connectivity index is 2.92. The van der Waals surface area contributed by atoms with Crippen LogP contribution in [0.25, 0.3) is 0 Å². The molecule has 4 heteroatoms. The quantitative estimate of drug-likeness (QED) is 0.610. The Labute approximate surface area is 65.6 Å². The van der Waals surface area contributed by atoms with E-state index in [-0.39, 0.29) is 6.61 Å². The predicted octanol–water partition coefficient (Wildman–Crippen LogP) is -0.414. The summed E-state index contributed by atoms with van der Waals surface area (Å²) in [5.41, 5.74) is 5.92. The molecule has 1 heterocycles. The largest absolute Gasteiger partial charge is 0.394 e. The van der Waals surface area contributed by atoms with Gasteiger partial charge < -0.3 is 10.8 Å². The molecule has 1 atom stereocenters. The first-order valence-corrected chi connectivity index (χ1v) is 3.45. The van der Waals surface area contributed by atoms with Gasteiger partial charge in [0.25, 0.3) is 0 Å². The summed E-state index contributed by atoms with van der Waals surface area (Å²) in [4.78, 5) is 0. The van der Waals surface area contributed by atoms with Gasteiger partial charge in [-0.3, -0.25) is 4.68 Å². The Morgan fingerprint density at radius 1 is 1.82 bits per heavy atom. The van der Waals surface area contributed by atoms with Crippen LogP contribution in [0.1, 0.15) is 12.5 Å². The summed E-state index contributed by atoms with van der Waals surface area (Å²) in [6.07, 6.45) is 3.46.